The smallest absolute Gasteiger partial charge is 0.0347 e. The first-order valence-electron chi connectivity index (χ1n) is 7.95. The molecule has 2 rings (SSSR count). The second-order valence-electron chi connectivity index (χ2n) is 5.60. The van der Waals surface area contributed by atoms with E-state index in [2.05, 4.69) is 47.1 Å². The van der Waals surface area contributed by atoms with E-state index in [-0.39, 0.29) is 0 Å². The minimum Gasteiger partial charge on any atom is -0.353 e. The summed E-state index contributed by atoms with van der Waals surface area (Å²) in [6.07, 6.45) is 9.90. The van der Waals surface area contributed by atoms with Crippen LogP contribution in [0.5, 0.6) is 0 Å². The Morgan fingerprint density at radius 2 is 1.95 bits per heavy atom. The lowest BCUT2D eigenvalue weighted by atomic mass is 10.1. The van der Waals surface area contributed by atoms with Crippen LogP contribution in [0.15, 0.2) is 18.5 Å². The molecule has 1 atom stereocenters. The lowest BCUT2D eigenvalue weighted by Gasteiger charge is -2.26. The molecule has 0 amide bonds. The van der Waals surface area contributed by atoms with Gasteiger partial charge in [-0.05, 0) is 50.5 Å². The van der Waals surface area contributed by atoms with Crippen molar-refractivity contribution in [1.82, 2.24) is 14.8 Å². The molecule has 1 aliphatic heterocycles. The maximum Gasteiger partial charge on any atom is 0.0347 e. The van der Waals surface area contributed by atoms with Gasteiger partial charge in [0.25, 0.3) is 0 Å². The molecule has 1 aliphatic rings. The van der Waals surface area contributed by atoms with E-state index in [1.54, 1.807) is 0 Å². The SMILES string of the molecule is CCNC(CC)c1ccn(CCN2CCCCC2)c1. The highest BCUT2D eigenvalue weighted by molar-refractivity contribution is 5.15. The second-order valence-corrected chi connectivity index (χ2v) is 5.60. The Morgan fingerprint density at radius 1 is 1.16 bits per heavy atom. The van der Waals surface area contributed by atoms with Crippen molar-refractivity contribution in [2.75, 3.05) is 26.2 Å². The van der Waals surface area contributed by atoms with E-state index in [0.717, 1.165) is 19.5 Å². The van der Waals surface area contributed by atoms with E-state index >= 15 is 0 Å². The fraction of sp³-hybridized carbons (Fsp3) is 0.750. The van der Waals surface area contributed by atoms with Crippen molar-refractivity contribution < 1.29 is 0 Å². The van der Waals surface area contributed by atoms with Gasteiger partial charge >= 0.3 is 0 Å². The first-order valence-corrected chi connectivity index (χ1v) is 7.95. The van der Waals surface area contributed by atoms with Crippen molar-refractivity contribution in [3.63, 3.8) is 0 Å². The molecule has 2 heterocycles. The van der Waals surface area contributed by atoms with Gasteiger partial charge in [-0.1, -0.05) is 20.3 Å². The van der Waals surface area contributed by atoms with Crippen LogP contribution in [0.3, 0.4) is 0 Å². The molecule has 3 nitrogen and oxygen atoms in total. The first-order chi connectivity index (χ1) is 9.33. The monoisotopic (exact) mass is 263 g/mol. The number of hydrogen-bond donors (Lipinski definition) is 1. The molecule has 0 radical (unpaired) electrons. The van der Waals surface area contributed by atoms with Gasteiger partial charge in [0.15, 0.2) is 0 Å². The van der Waals surface area contributed by atoms with Gasteiger partial charge in [0.05, 0.1) is 0 Å². The molecule has 1 fully saturated rings. The van der Waals surface area contributed by atoms with Gasteiger partial charge in [-0.2, -0.15) is 0 Å². The second kappa shape index (κ2) is 7.71. The molecule has 0 aromatic carbocycles. The normalized spacial score (nSPS) is 18.6. The highest BCUT2D eigenvalue weighted by atomic mass is 15.1. The van der Waals surface area contributed by atoms with Gasteiger partial charge in [0.2, 0.25) is 0 Å². The summed E-state index contributed by atoms with van der Waals surface area (Å²) in [6.45, 7) is 10.4. The Hall–Kier alpha value is -0.800. The van der Waals surface area contributed by atoms with E-state index in [1.807, 2.05) is 0 Å². The summed E-state index contributed by atoms with van der Waals surface area (Å²) >= 11 is 0. The number of hydrogen-bond acceptors (Lipinski definition) is 2. The fourth-order valence-corrected chi connectivity index (χ4v) is 2.99. The first kappa shape index (κ1) is 14.6. The van der Waals surface area contributed by atoms with Crippen LogP contribution in [0.25, 0.3) is 0 Å². The summed E-state index contributed by atoms with van der Waals surface area (Å²) in [5.41, 5.74) is 1.43. The molecule has 0 bridgehead atoms. The van der Waals surface area contributed by atoms with Crippen molar-refractivity contribution in [3.05, 3.63) is 24.0 Å². The molecule has 0 saturated carbocycles. The summed E-state index contributed by atoms with van der Waals surface area (Å²) < 4.78 is 2.35. The predicted molar refractivity (Wildman–Crippen MR) is 81.4 cm³/mol. The van der Waals surface area contributed by atoms with Crippen LogP contribution in [0.1, 0.15) is 51.1 Å². The van der Waals surface area contributed by atoms with Crippen molar-refractivity contribution in [2.24, 2.45) is 0 Å². The fourth-order valence-electron chi connectivity index (χ4n) is 2.99. The van der Waals surface area contributed by atoms with Gasteiger partial charge in [0, 0.05) is 31.5 Å². The molecule has 1 aromatic heterocycles. The van der Waals surface area contributed by atoms with E-state index < -0.39 is 0 Å². The van der Waals surface area contributed by atoms with Crippen LogP contribution < -0.4 is 5.32 Å². The molecule has 1 saturated heterocycles. The number of likely N-dealkylation sites (tertiary alicyclic amines) is 1. The predicted octanol–water partition coefficient (Wildman–Crippen LogP) is 3.03. The largest absolute Gasteiger partial charge is 0.353 e. The molecule has 1 aromatic rings. The van der Waals surface area contributed by atoms with Crippen LogP contribution >= 0.6 is 0 Å². The standard InChI is InChI=1S/C16H29N3/c1-3-16(17-4-2)15-8-11-19(14-15)13-12-18-9-6-5-7-10-18/h8,11,14,16-17H,3-7,9-10,12-13H2,1-2H3. The minimum atomic E-state index is 0.515. The third kappa shape index (κ3) is 4.36. The Balaban J connectivity index is 1.82. The van der Waals surface area contributed by atoms with Crippen LogP contribution in [0, 0.1) is 0 Å². The molecule has 3 heteroatoms. The third-order valence-electron chi connectivity index (χ3n) is 4.16. The van der Waals surface area contributed by atoms with E-state index in [4.69, 9.17) is 0 Å². The van der Waals surface area contributed by atoms with Gasteiger partial charge in [-0.15, -0.1) is 0 Å². The van der Waals surface area contributed by atoms with Crippen LogP contribution in [-0.2, 0) is 6.54 Å². The van der Waals surface area contributed by atoms with Gasteiger partial charge in [0.1, 0.15) is 0 Å². The number of rotatable bonds is 7. The van der Waals surface area contributed by atoms with E-state index in [0.29, 0.717) is 6.04 Å². The van der Waals surface area contributed by atoms with Crippen molar-refractivity contribution in [3.8, 4) is 0 Å². The minimum absolute atomic E-state index is 0.515. The number of nitrogens with one attached hydrogen (secondary N) is 1. The third-order valence-corrected chi connectivity index (χ3v) is 4.16. The molecular formula is C16H29N3. The van der Waals surface area contributed by atoms with Crippen molar-refractivity contribution >= 4 is 0 Å². The van der Waals surface area contributed by atoms with Gasteiger partial charge < -0.3 is 14.8 Å². The van der Waals surface area contributed by atoms with Gasteiger partial charge in [-0.25, -0.2) is 0 Å². The summed E-state index contributed by atoms with van der Waals surface area (Å²) in [7, 11) is 0. The van der Waals surface area contributed by atoms with Crippen molar-refractivity contribution in [1.29, 1.82) is 0 Å². The average molecular weight is 263 g/mol. The number of nitrogens with zero attached hydrogens (tertiary/aromatic N) is 2. The summed E-state index contributed by atoms with van der Waals surface area (Å²) in [5, 5.41) is 3.54. The van der Waals surface area contributed by atoms with E-state index in [1.165, 1.54) is 44.5 Å². The lowest BCUT2D eigenvalue weighted by molar-refractivity contribution is 0.221. The quantitative estimate of drug-likeness (QED) is 0.816. The highest BCUT2D eigenvalue weighted by Gasteiger charge is 2.11. The zero-order chi connectivity index (χ0) is 13.5. The highest BCUT2D eigenvalue weighted by Crippen LogP contribution is 2.17. The molecular weight excluding hydrogens is 234 g/mol. The molecule has 1 N–H and O–H groups in total. The molecule has 0 aliphatic carbocycles. The maximum absolute atomic E-state index is 3.54. The molecule has 1 unspecified atom stereocenters. The Labute approximate surface area is 118 Å². The molecule has 0 spiro atoms. The summed E-state index contributed by atoms with van der Waals surface area (Å²) in [5.74, 6) is 0. The van der Waals surface area contributed by atoms with Crippen LogP contribution in [-0.4, -0.2) is 35.6 Å². The number of piperidine rings is 1. The lowest BCUT2D eigenvalue weighted by Crippen LogP contribution is -2.32. The van der Waals surface area contributed by atoms with Crippen molar-refractivity contribution in [2.45, 2.75) is 52.1 Å². The zero-order valence-electron chi connectivity index (χ0n) is 12.6. The van der Waals surface area contributed by atoms with Gasteiger partial charge in [-0.3, -0.25) is 0 Å². The van der Waals surface area contributed by atoms with E-state index in [9.17, 15) is 0 Å². The summed E-state index contributed by atoms with van der Waals surface area (Å²) in [4.78, 5) is 2.60. The Bertz CT molecular complexity index is 353. The zero-order valence-corrected chi connectivity index (χ0v) is 12.6. The molecule has 19 heavy (non-hydrogen) atoms. The maximum atomic E-state index is 3.54. The molecule has 108 valence electrons. The summed E-state index contributed by atoms with van der Waals surface area (Å²) in [6, 6.07) is 2.79. The van der Waals surface area contributed by atoms with Crippen LogP contribution in [0.2, 0.25) is 0 Å². The number of aromatic nitrogens is 1. The average Bonchev–Trinajstić information content (AvgIpc) is 2.92. The Kier molecular flexibility index (Phi) is 5.93. The van der Waals surface area contributed by atoms with Crippen LogP contribution in [0.4, 0.5) is 0 Å². The Morgan fingerprint density at radius 3 is 2.63 bits per heavy atom. The topological polar surface area (TPSA) is 20.2 Å².